The smallest absolute Gasteiger partial charge is 0.311 e. The van der Waals surface area contributed by atoms with Crippen molar-refractivity contribution in [3.8, 4) is 0 Å². The summed E-state index contributed by atoms with van der Waals surface area (Å²) in [5.74, 6) is -0.900. The maximum atomic E-state index is 12.6. The summed E-state index contributed by atoms with van der Waals surface area (Å²) in [6.45, 7) is 2.78. The molecule has 0 spiro atoms. The summed E-state index contributed by atoms with van der Waals surface area (Å²) in [5, 5.41) is 11.0. The number of benzene rings is 1. The fraction of sp³-hybridized carbons (Fsp3) is 0.412. The average molecular weight is 335 g/mol. The van der Waals surface area contributed by atoms with Crippen LogP contribution in [0, 0.1) is 5.41 Å². The fourth-order valence-electron chi connectivity index (χ4n) is 3.17. The first-order valence-corrected chi connectivity index (χ1v) is 8.02. The van der Waals surface area contributed by atoms with Gasteiger partial charge in [-0.15, -0.1) is 0 Å². The van der Waals surface area contributed by atoms with Gasteiger partial charge < -0.3 is 14.6 Å². The SMILES string of the molecule is CC1(C(=O)O)CCCN(C(=O)Cn2ccc3ccc(Cl)cc32)C1. The molecule has 0 bridgehead atoms. The van der Waals surface area contributed by atoms with E-state index in [-0.39, 0.29) is 19.0 Å². The third kappa shape index (κ3) is 3.06. The van der Waals surface area contributed by atoms with Gasteiger partial charge in [0.05, 0.1) is 5.41 Å². The van der Waals surface area contributed by atoms with Gasteiger partial charge in [0.25, 0.3) is 0 Å². The van der Waals surface area contributed by atoms with Crippen LogP contribution in [0.15, 0.2) is 30.5 Å². The van der Waals surface area contributed by atoms with E-state index in [2.05, 4.69) is 0 Å². The van der Waals surface area contributed by atoms with E-state index in [1.54, 1.807) is 11.8 Å². The minimum Gasteiger partial charge on any atom is -0.481 e. The molecule has 0 radical (unpaired) electrons. The molecule has 0 saturated carbocycles. The van der Waals surface area contributed by atoms with E-state index >= 15 is 0 Å². The number of carboxylic acid groups (broad SMARTS) is 1. The number of piperidine rings is 1. The molecule has 2 heterocycles. The fourth-order valence-corrected chi connectivity index (χ4v) is 3.33. The summed E-state index contributed by atoms with van der Waals surface area (Å²) < 4.78 is 1.86. The zero-order valence-corrected chi connectivity index (χ0v) is 13.7. The Labute approximate surface area is 139 Å². The summed E-state index contributed by atoms with van der Waals surface area (Å²) >= 11 is 6.03. The van der Waals surface area contributed by atoms with Crippen molar-refractivity contribution >= 4 is 34.4 Å². The van der Waals surface area contributed by atoms with Gasteiger partial charge in [-0.2, -0.15) is 0 Å². The highest BCUT2D eigenvalue weighted by atomic mass is 35.5. The lowest BCUT2D eigenvalue weighted by molar-refractivity contribution is -0.153. The number of fused-ring (bicyclic) bond motifs is 1. The van der Waals surface area contributed by atoms with Crippen molar-refractivity contribution in [1.82, 2.24) is 9.47 Å². The molecular weight excluding hydrogens is 316 g/mol. The van der Waals surface area contributed by atoms with E-state index in [1.165, 1.54) is 0 Å². The quantitative estimate of drug-likeness (QED) is 0.938. The number of amides is 1. The largest absolute Gasteiger partial charge is 0.481 e. The first-order valence-electron chi connectivity index (χ1n) is 7.65. The molecule has 23 heavy (non-hydrogen) atoms. The molecule has 1 aromatic heterocycles. The highest BCUT2D eigenvalue weighted by molar-refractivity contribution is 6.31. The van der Waals surface area contributed by atoms with Crippen LogP contribution in [-0.2, 0) is 16.1 Å². The van der Waals surface area contributed by atoms with Crippen molar-refractivity contribution in [2.45, 2.75) is 26.3 Å². The number of nitrogens with zero attached hydrogens (tertiary/aromatic N) is 2. The van der Waals surface area contributed by atoms with Crippen LogP contribution >= 0.6 is 11.6 Å². The molecule has 0 aliphatic carbocycles. The molecule has 2 aromatic rings. The van der Waals surface area contributed by atoms with Crippen LogP contribution in [0.4, 0.5) is 0 Å². The van der Waals surface area contributed by atoms with E-state index in [4.69, 9.17) is 11.6 Å². The maximum absolute atomic E-state index is 12.6. The lowest BCUT2D eigenvalue weighted by Crippen LogP contribution is -2.49. The molecule has 5 nitrogen and oxygen atoms in total. The van der Waals surface area contributed by atoms with Gasteiger partial charge in [0, 0.05) is 29.8 Å². The minimum absolute atomic E-state index is 0.0605. The first-order chi connectivity index (χ1) is 10.9. The Morgan fingerprint density at radius 3 is 2.87 bits per heavy atom. The second kappa shape index (κ2) is 5.89. The summed E-state index contributed by atoms with van der Waals surface area (Å²) in [5.41, 5.74) is 0.0551. The van der Waals surface area contributed by atoms with Gasteiger partial charge in [-0.25, -0.2) is 0 Å². The molecule has 1 aliphatic heterocycles. The zero-order chi connectivity index (χ0) is 16.6. The molecule has 3 rings (SSSR count). The van der Waals surface area contributed by atoms with Crippen LogP contribution in [0.25, 0.3) is 10.9 Å². The lowest BCUT2D eigenvalue weighted by Gasteiger charge is -2.37. The van der Waals surface area contributed by atoms with Crippen molar-refractivity contribution in [3.63, 3.8) is 0 Å². The number of carbonyl (C=O) groups is 2. The van der Waals surface area contributed by atoms with Crippen LogP contribution in [0.3, 0.4) is 0 Å². The third-order valence-electron chi connectivity index (χ3n) is 4.61. The highest BCUT2D eigenvalue weighted by Crippen LogP contribution is 2.30. The van der Waals surface area contributed by atoms with Gasteiger partial charge in [0.15, 0.2) is 0 Å². The van der Waals surface area contributed by atoms with Crippen LogP contribution < -0.4 is 0 Å². The summed E-state index contributed by atoms with van der Waals surface area (Å²) in [6.07, 6.45) is 3.18. The standard InChI is InChI=1S/C17H19ClN2O3/c1-17(16(22)23)6-2-7-20(11-17)15(21)10-19-8-5-12-3-4-13(18)9-14(12)19/h3-5,8-9H,2,6-7,10-11H2,1H3,(H,22,23). The first kappa shape index (κ1) is 15.9. The van der Waals surface area contributed by atoms with Gasteiger partial charge >= 0.3 is 5.97 Å². The number of hydrogen-bond acceptors (Lipinski definition) is 2. The zero-order valence-electron chi connectivity index (χ0n) is 13.0. The van der Waals surface area contributed by atoms with Gasteiger partial charge in [-0.05, 0) is 43.4 Å². The third-order valence-corrected chi connectivity index (χ3v) is 4.84. The maximum Gasteiger partial charge on any atom is 0.311 e. The lowest BCUT2D eigenvalue weighted by atomic mass is 9.82. The van der Waals surface area contributed by atoms with Crippen molar-refractivity contribution < 1.29 is 14.7 Å². The Bertz CT molecular complexity index is 770. The van der Waals surface area contributed by atoms with Gasteiger partial charge in [-0.3, -0.25) is 9.59 Å². The second-order valence-corrected chi connectivity index (χ2v) is 6.87. The number of rotatable bonds is 3. The average Bonchev–Trinajstić information content (AvgIpc) is 2.89. The van der Waals surface area contributed by atoms with E-state index in [9.17, 15) is 14.7 Å². The van der Waals surface area contributed by atoms with E-state index in [0.29, 0.717) is 24.4 Å². The van der Waals surface area contributed by atoms with Crippen LogP contribution in [0.2, 0.25) is 5.02 Å². The highest BCUT2D eigenvalue weighted by Gasteiger charge is 2.39. The predicted octanol–water partition coefficient (Wildman–Crippen LogP) is 3.01. The van der Waals surface area contributed by atoms with Crippen molar-refractivity contribution in [1.29, 1.82) is 0 Å². The number of likely N-dealkylation sites (tertiary alicyclic amines) is 1. The minimum atomic E-state index is -0.851. The van der Waals surface area contributed by atoms with Crippen LogP contribution in [0.1, 0.15) is 19.8 Å². The van der Waals surface area contributed by atoms with Gasteiger partial charge in [0.1, 0.15) is 6.54 Å². The molecule has 1 aromatic carbocycles. The normalized spacial score (nSPS) is 21.6. The molecule has 1 amide bonds. The van der Waals surface area contributed by atoms with Crippen LogP contribution in [-0.4, -0.2) is 39.5 Å². The second-order valence-electron chi connectivity index (χ2n) is 6.43. The number of carboxylic acids is 1. The topological polar surface area (TPSA) is 62.5 Å². The Morgan fingerprint density at radius 2 is 2.13 bits per heavy atom. The summed E-state index contributed by atoms with van der Waals surface area (Å²) in [4.78, 5) is 25.7. The Hall–Kier alpha value is -2.01. The summed E-state index contributed by atoms with van der Waals surface area (Å²) in [7, 11) is 0. The van der Waals surface area contributed by atoms with Crippen molar-refractivity contribution in [3.05, 3.63) is 35.5 Å². The van der Waals surface area contributed by atoms with E-state index in [1.807, 2.05) is 35.0 Å². The molecule has 122 valence electrons. The van der Waals surface area contributed by atoms with Crippen molar-refractivity contribution in [2.75, 3.05) is 13.1 Å². The molecule has 1 saturated heterocycles. The van der Waals surface area contributed by atoms with Gasteiger partial charge in [0.2, 0.25) is 5.91 Å². The van der Waals surface area contributed by atoms with E-state index in [0.717, 1.165) is 10.9 Å². The number of carbonyl (C=O) groups excluding carboxylic acids is 1. The van der Waals surface area contributed by atoms with Gasteiger partial charge in [-0.1, -0.05) is 17.7 Å². The molecule has 1 unspecified atom stereocenters. The van der Waals surface area contributed by atoms with Crippen LogP contribution in [0.5, 0.6) is 0 Å². The molecule has 1 N–H and O–H groups in total. The number of aromatic nitrogens is 1. The van der Waals surface area contributed by atoms with E-state index < -0.39 is 11.4 Å². The number of halogens is 1. The van der Waals surface area contributed by atoms with Crippen molar-refractivity contribution in [2.24, 2.45) is 5.41 Å². The molecule has 1 atom stereocenters. The number of aliphatic carboxylic acids is 1. The number of hydrogen-bond donors (Lipinski definition) is 1. The molecule has 6 heteroatoms. The Kier molecular flexibility index (Phi) is 4.06. The monoisotopic (exact) mass is 334 g/mol. The molecule has 1 fully saturated rings. The Morgan fingerprint density at radius 1 is 1.35 bits per heavy atom. The summed E-state index contributed by atoms with van der Waals surface area (Å²) in [6, 6.07) is 7.51. The predicted molar refractivity (Wildman–Crippen MR) is 88.5 cm³/mol. The molecule has 1 aliphatic rings. The molecular formula is C17H19ClN2O3. The Balaban J connectivity index is 1.78.